The Kier molecular flexibility index (Phi) is 9.05. The van der Waals surface area contributed by atoms with Gasteiger partial charge in [0.15, 0.2) is 0 Å². The Bertz CT molecular complexity index is 1210. The number of ether oxygens (including phenoxy) is 4. The Morgan fingerprint density at radius 2 is 1.65 bits per heavy atom. The smallest absolute Gasteiger partial charge is 0.437 e. The number of benzene rings is 2. The molecule has 1 heterocycles. The minimum Gasteiger partial charge on any atom is -0.437 e. The lowest BCUT2D eigenvalue weighted by molar-refractivity contribution is -0.384. The minimum absolute atomic E-state index is 0.0547. The minimum atomic E-state index is -1.03. The Morgan fingerprint density at radius 3 is 2.27 bits per heavy atom. The molecule has 3 rings (SSSR count). The first kappa shape index (κ1) is 27.0. The molecule has 196 valence electrons. The van der Waals surface area contributed by atoms with Crippen LogP contribution in [-0.4, -0.2) is 49.4 Å². The third kappa shape index (κ3) is 7.21. The van der Waals surface area contributed by atoms with Gasteiger partial charge in [0, 0.05) is 25.2 Å². The highest BCUT2D eigenvalue weighted by atomic mass is 16.7. The molecule has 2 aromatic carbocycles. The Labute approximate surface area is 213 Å². The van der Waals surface area contributed by atoms with Crippen LogP contribution in [0.1, 0.15) is 19.4 Å². The van der Waals surface area contributed by atoms with Crippen LogP contribution < -0.4 is 10.2 Å². The van der Waals surface area contributed by atoms with Crippen LogP contribution in [0.3, 0.4) is 0 Å². The third-order valence-corrected chi connectivity index (χ3v) is 5.24. The number of allylic oxidation sites excluding steroid dienone is 2. The van der Waals surface area contributed by atoms with E-state index in [1.54, 1.807) is 13.8 Å². The molecular formula is C25H28N4O8. The van der Waals surface area contributed by atoms with Gasteiger partial charge in [-0.3, -0.25) is 15.0 Å². The molecule has 12 nitrogen and oxygen atoms in total. The van der Waals surface area contributed by atoms with Gasteiger partial charge in [-0.15, -0.1) is 0 Å². The zero-order valence-electron chi connectivity index (χ0n) is 20.9. The lowest BCUT2D eigenvalue weighted by atomic mass is 10.2. The van der Waals surface area contributed by atoms with Crippen molar-refractivity contribution in [3.05, 3.63) is 93.4 Å². The van der Waals surface area contributed by atoms with Crippen LogP contribution in [0.2, 0.25) is 0 Å². The lowest BCUT2D eigenvalue weighted by Crippen LogP contribution is -2.37. The maximum absolute atomic E-state index is 12.6. The van der Waals surface area contributed by atoms with Crippen LogP contribution in [0.4, 0.5) is 21.0 Å². The van der Waals surface area contributed by atoms with E-state index in [-0.39, 0.29) is 29.7 Å². The highest BCUT2D eigenvalue weighted by molar-refractivity contribution is 5.69. The molecule has 0 unspecified atom stereocenters. The Morgan fingerprint density at radius 1 is 1.00 bits per heavy atom. The molecule has 1 N–H and O–H groups in total. The van der Waals surface area contributed by atoms with Gasteiger partial charge >= 0.3 is 12.3 Å². The van der Waals surface area contributed by atoms with Crippen molar-refractivity contribution in [3.8, 4) is 0 Å². The number of hydrogen-bond donors (Lipinski definition) is 1. The fraction of sp³-hybridized carbons (Fsp3) is 0.280. The second-order valence-corrected chi connectivity index (χ2v) is 8.08. The lowest BCUT2D eigenvalue weighted by Gasteiger charge is -2.33. The van der Waals surface area contributed by atoms with Gasteiger partial charge in [-0.1, -0.05) is 36.4 Å². The van der Waals surface area contributed by atoms with Gasteiger partial charge in [-0.25, -0.2) is 14.5 Å². The number of carbonyl (C=O) groups is 2. The molecule has 2 aromatic rings. The van der Waals surface area contributed by atoms with Crippen molar-refractivity contribution in [1.29, 1.82) is 0 Å². The van der Waals surface area contributed by atoms with Gasteiger partial charge in [-0.05, 0) is 32.5 Å². The number of nitro benzene ring substituents is 1. The summed E-state index contributed by atoms with van der Waals surface area (Å²) in [5.41, 5.74) is 1.86. The number of nitrogens with zero attached hydrogens (tertiary/aromatic N) is 3. The molecule has 0 spiro atoms. The molecule has 1 aliphatic rings. The van der Waals surface area contributed by atoms with Crippen molar-refractivity contribution in [2.75, 3.05) is 32.2 Å². The highest BCUT2D eigenvalue weighted by Crippen LogP contribution is 2.34. The molecule has 0 aliphatic carbocycles. The molecule has 0 bridgehead atoms. The number of likely N-dealkylation sites (N-methyl/N-ethyl adjacent to an activating group) is 1. The van der Waals surface area contributed by atoms with Crippen LogP contribution in [0, 0.1) is 10.1 Å². The zero-order valence-corrected chi connectivity index (χ0v) is 20.9. The van der Waals surface area contributed by atoms with Crippen molar-refractivity contribution in [2.45, 2.75) is 20.4 Å². The first-order valence-electron chi connectivity index (χ1n) is 11.3. The number of rotatable bonds is 9. The predicted octanol–water partition coefficient (Wildman–Crippen LogP) is 4.45. The zero-order chi connectivity index (χ0) is 26.9. The molecule has 0 saturated carbocycles. The van der Waals surface area contributed by atoms with E-state index in [9.17, 15) is 19.7 Å². The average molecular weight is 513 g/mol. The first-order valence-corrected chi connectivity index (χ1v) is 11.3. The Balaban J connectivity index is 1.76. The number of carbonyl (C=O) groups excluding carboxylic acids is 2. The van der Waals surface area contributed by atoms with Crippen molar-refractivity contribution in [3.63, 3.8) is 0 Å². The van der Waals surface area contributed by atoms with Crippen LogP contribution in [0.25, 0.3) is 0 Å². The van der Waals surface area contributed by atoms with Crippen molar-refractivity contribution >= 4 is 23.7 Å². The average Bonchev–Trinajstić information content (AvgIpc) is 2.87. The fourth-order valence-electron chi connectivity index (χ4n) is 3.53. The van der Waals surface area contributed by atoms with Crippen LogP contribution >= 0.6 is 0 Å². The molecule has 12 heteroatoms. The maximum atomic E-state index is 12.6. The predicted molar refractivity (Wildman–Crippen MR) is 133 cm³/mol. The largest absolute Gasteiger partial charge is 0.515 e. The molecular weight excluding hydrogens is 484 g/mol. The molecule has 0 radical (unpaired) electrons. The maximum Gasteiger partial charge on any atom is 0.515 e. The highest BCUT2D eigenvalue weighted by Gasteiger charge is 2.33. The van der Waals surface area contributed by atoms with Crippen LogP contribution in [-0.2, 0) is 25.5 Å². The van der Waals surface area contributed by atoms with E-state index in [1.807, 2.05) is 42.3 Å². The first-order chi connectivity index (χ1) is 17.7. The number of hydrogen-bond acceptors (Lipinski definition) is 11. The van der Waals surface area contributed by atoms with Gasteiger partial charge in [-0.2, -0.15) is 0 Å². The number of non-ortho nitro benzene ring substituents is 1. The number of methoxy groups -OCH3 is 1. The number of nitro groups is 1. The Hall–Kier alpha value is -4.58. The quantitative estimate of drug-likeness (QED) is 0.290. The van der Waals surface area contributed by atoms with Gasteiger partial charge in [0.25, 0.3) is 5.69 Å². The molecule has 37 heavy (non-hydrogen) atoms. The summed E-state index contributed by atoms with van der Waals surface area (Å²) < 4.78 is 20.6. The molecule has 0 amide bonds. The summed E-state index contributed by atoms with van der Waals surface area (Å²) in [6.45, 7) is 4.42. The summed E-state index contributed by atoms with van der Waals surface area (Å²) in [4.78, 5) is 38.6. The molecule has 0 saturated heterocycles. The fourth-order valence-corrected chi connectivity index (χ4v) is 3.53. The van der Waals surface area contributed by atoms with E-state index in [0.717, 1.165) is 12.7 Å². The normalized spacial score (nSPS) is 13.3. The van der Waals surface area contributed by atoms with E-state index in [4.69, 9.17) is 14.2 Å². The van der Waals surface area contributed by atoms with Gasteiger partial charge in [0.1, 0.15) is 6.61 Å². The van der Waals surface area contributed by atoms with E-state index in [0.29, 0.717) is 24.5 Å². The van der Waals surface area contributed by atoms with E-state index in [2.05, 4.69) is 10.1 Å². The molecule has 1 aliphatic heterocycles. The molecule has 0 fully saturated rings. The van der Waals surface area contributed by atoms with Gasteiger partial charge in [0.2, 0.25) is 11.8 Å². The standard InChI is InChI=1S/C25H28N4O8/c1-17-22(36-24(30)34-4)28(20-11-8-12-21(15-20)29(32)33)23(18(2)26-17)37-25(31)35-14-13-27(3)16-19-9-6-5-7-10-19/h5-12,15,26H,13-14,16H2,1-4H3. The van der Waals surface area contributed by atoms with Crippen molar-refractivity contribution in [1.82, 2.24) is 10.2 Å². The number of anilines is 1. The molecule has 0 aromatic heterocycles. The summed E-state index contributed by atoms with van der Waals surface area (Å²) in [6, 6.07) is 15.4. The number of nitrogens with one attached hydrogen (secondary N) is 1. The summed E-state index contributed by atoms with van der Waals surface area (Å²) >= 11 is 0. The van der Waals surface area contributed by atoms with E-state index in [1.165, 1.54) is 29.2 Å². The SMILES string of the molecule is COC(=O)OC1=C(C)NC(C)=C(OC(=O)OCCN(C)Cc2ccccc2)N1c1cccc([N+](=O)[O-])c1. The van der Waals surface area contributed by atoms with Crippen molar-refractivity contribution < 1.29 is 33.5 Å². The van der Waals surface area contributed by atoms with Crippen LogP contribution in [0.15, 0.2) is 77.8 Å². The topological polar surface area (TPSA) is 133 Å². The monoisotopic (exact) mass is 512 g/mol. The summed E-state index contributed by atoms with van der Waals surface area (Å²) in [6.07, 6.45) is -2.04. The second kappa shape index (κ2) is 12.4. The summed E-state index contributed by atoms with van der Waals surface area (Å²) in [5.74, 6) is -0.184. The summed E-state index contributed by atoms with van der Waals surface area (Å²) in [7, 11) is 3.03. The van der Waals surface area contributed by atoms with E-state index < -0.39 is 17.2 Å². The molecule has 0 atom stereocenters. The van der Waals surface area contributed by atoms with Gasteiger partial charge in [0.05, 0.1) is 29.1 Å². The summed E-state index contributed by atoms with van der Waals surface area (Å²) in [5, 5.41) is 14.3. The van der Waals surface area contributed by atoms with Crippen LogP contribution in [0.5, 0.6) is 0 Å². The van der Waals surface area contributed by atoms with Gasteiger partial charge < -0.3 is 24.3 Å². The second-order valence-electron chi connectivity index (χ2n) is 8.08. The third-order valence-electron chi connectivity index (χ3n) is 5.24. The van der Waals surface area contributed by atoms with Crippen molar-refractivity contribution in [2.24, 2.45) is 0 Å². The van der Waals surface area contributed by atoms with E-state index >= 15 is 0 Å².